The number of nitrogens with zero attached hydrogens (tertiary/aromatic N) is 2. The van der Waals surface area contributed by atoms with Gasteiger partial charge < -0.3 is 15.8 Å². The summed E-state index contributed by atoms with van der Waals surface area (Å²) in [6.45, 7) is 3.85. The minimum Gasteiger partial charge on any atom is -0.494 e. The number of anilines is 1. The van der Waals surface area contributed by atoms with Gasteiger partial charge in [-0.3, -0.25) is 0 Å². The van der Waals surface area contributed by atoms with E-state index in [1.54, 1.807) is 0 Å². The average molecular weight is 308 g/mol. The van der Waals surface area contributed by atoms with Gasteiger partial charge in [-0.1, -0.05) is 24.3 Å². The van der Waals surface area contributed by atoms with Crippen LogP contribution in [0.2, 0.25) is 0 Å². The smallest absolute Gasteiger partial charge is 0.156 e. The van der Waals surface area contributed by atoms with Crippen LogP contribution in [-0.2, 0) is 0 Å². The number of nitrogens with one attached hydrogen (secondary N) is 1. The van der Waals surface area contributed by atoms with Crippen molar-refractivity contribution in [2.24, 2.45) is 5.73 Å². The Morgan fingerprint density at radius 2 is 1.74 bits per heavy atom. The molecule has 0 fully saturated rings. The van der Waals surface area contributed by atoms with E-state index in [1.165, 1.54) is 0 Å². The molecule has 1 heterocycles. The Morgan fingerprint density at radius 1 is 1.00 bits per heavy atom. The number of benzene rings is 2. The van der Waals surface area contributed by atoms with Gasteiger partial charge in [0.1, 0.15) is 11.4 Å². The van der Waals surface area contributed by atoms with Crippen LogP contribution in [0.25, 0.3) is 22.0 Å². The summed E-state index contributed by atoms with van der Waals surface area (Å²) in [5.74, 6) is 1.62. The number of fused-ring (bicyclic) bond motifs is 1. The lowest BCUT2D eigenvalue weighted by Crippen LogP contribution is -2.14. The molecular formula is C18H20N4O. The van der Waals surface area contributed by atoms with E-state index >= 15 is 0 Å². The van der Waals surface area contributed by atoms with Gasteiger partial charge in [0.25, 0.3) is 0 Å². The van der Waals surface area contributed by atoms with Gasteiger partial charge in [0.15, 0.2) is 5.82 Å². The molecule has 3 rings (SSSR count). The topological polar surface area (TPSA) is 73.1 Å². The lowest BCUT2D eigenvalue weighted by molar-refractivity contribution is 0.340. The molecule has 0 saturated heterocycles. The van der Waals surface area contributed by atoms with Crippen LogP contribution in [0, 0.1) is 0 Å². The first kappa shape index (κ1) is 15.2. The second-order valence-corrected chi connectivity index (χ2v) is 5.12. The molecule has 3 N–H and O–H groups in total. The van der Waals surface area contributed by atoms with Crippen molar-refractivity contribution in [3.05, 3.63) is 48.5 Å². The molecular weight excluding hydrogens is 288 g/mol. The summed E-state index contributed by atoms with van der Waals surface area (Å²) < 4.78 is 5.49. The van der Waals surface area contributed by atoms with Gasteiger partial charge >= 0.3 is 0 Å². The standard InChI is InChI=1S/C18H20N4O/c1-2-23-14-9-7-13(8-10-14)17-15-5-3-4-6-16(15)18(22-21-17)20-12-11-19/h3-10H,2,11-12,19H2,1H3,(H,20,22). The first-order chi connectivity index (χ1) is 11.3. The molecule has 0 unspecified atom stereocenters. The summed E-state index contributed by atoms with van der Waals surface area (Å²) in [4.78, 5) is 0. The number of rotatable bonds is 6. The zero-order valence-corrected chi connectivity index (χ0v) is 13.1. The number of ether oxygens (including phenoxy) is 1. The first-order valence-electron chi connectivity index (χ1n) is 7.76. The van der Waals surface area contributed by atoms with Crippen molar-refractivity contribution in [3.8, 4) is 17.0 Å². The summed E-state index contributed by atoms with van der Waals surface area (Å²) in [6, 6.07) is 16.0. The largest absolute Gasteiger partial charge is 0.494 e. The molecule has 3 aromatic rings. The fraction of sp³-hybridized carbons (Fsp3) is 0.222. The Hall–Kier alpha value is -2.66. The third-order valence-corrected chi connectivity index (χ3v) is 3.56. The predicted octanol–water partition coefficient (Wildman–Crippen LogP) is 3.07. The number of nitrogens with two attached hydrogens (primary N) is 1. The van der Waals surface area contributed by atoms with Crippen LogP contribution < -0.4 is 15.8 Å². The molecule has 0 atom stereocenters. The van der Waals surface area contributed by atoms with Crippen LogP contribution in [-0.4, -0.2) is 29.9 Å². The Balaban J connectivity index is 2.04. The highest BCUT2D eigenvalue weighted by Gasteiger charge is 2.10. The molecule has 0 radical (unpaired) electrons. The van der Waals surface area contributed by atoms with E-state index in [-0.39, 0.29) is 0 Å². The first-order valence-corrected chi connectivity index (χ1v) is 7.76. The van der Waals surface area contributed by atoms with E-state index in [0.29, 0.717) is 19.7 Å². The number of hydrogen-bond acceptors (Lipinski definition) is 5. The van der Waals surface area contributed by atoms with E-state index < -0.39 is 0 Å². The lowest BCUT2D eigenvalue weighted by Gasteiger charge is -2.11. The quantitative estimate of drug-likeness (QED) is 0.732. The van der Waals surface area contributed by atoms with E-state index in [0.717, 1.165) is 33.6 Å². The van der Waals surface area contributed by atoms with Crippen LogP contribution in [0.1, 0.15) is 6.92 Å². The monoisotopic (exact) mass is 308 g/mol. The maximum atomic E-state index is 5.56. The van der Waals surface area contributed by atoms with Gasteiger partial charge in [0.2, 0.25) is 0 Å². The summed E-state index contributed by atoms with van der Waals surface area (Å²) in [7, 11) is 0. The van der Waals surface area contributed by atoms with Crippen LogP contribution in [0.15, 0.2) is 48.5 Å². The van der Waals surface area contributed by atoms with Crippen LogP contribution in [0.5, 0.6) is 5.75 Å². The predicted molar refractivity (Wildman–Crippen MR) is 93.7 cm³/mol. The van der Waals surface area contributed by atoms with Crippen molar-refractivity contribution in [3.63, 3.8) is 0 Å². The molecule has 0 aliphatic rings. The van der Waals surface area contributed by atoms with Crippen molar-refractivity contribution >= 4 is 16.6 Å². The maximum Gasteiger partial charge on any atom is 0.156 e. The fourth-order valence-electron chi connectivity index (χ4n) is 2.51. The second-order valence-electron chi connectivity index (χ2n) is 5.12. The molecule has 0 bridgehead atoms. The molecule has 0 amide bonds. The van der Waals surface area contributed by atoms with Gasteiger partial charge in [-0.05, 0) is 31.2 Å². The van der Waals surface area contributed by atoms with E-state index in [2.05, 4.69) is 21.6 Å². The Labute approximate surface area is 135 Å². The van der Waals surface area contributed by atoms with Crippen molar-refractivity contribution in [1.29, 1.82) is 0 Å². The number of hydrogen-bond donors (Lipinski definition) is 2. The van der Waals surface area contributed by atoms with Crippen molar-refractivity contribution in [2.75, 3.05) is 25.0 Å². The highest BCUT2D eigenvalue weighted by atomic mass is 16.5. The van der Waals surface area contributed by atoms with Gasteiger partial charge in [0.05, 0.1) is 6.61 Å². The zero-order valence-electron chi connectivity index (χ0n) is 13.1. The summed E-state index contributed by atoms with van der Waals surface area (Å²) >= 11 is 0. The van der Waals surface area contributed by atoms with Crippen LogP contribution >= 0.6 is 0 Å². The molecule has 23 heavy (non-hydrogen) atoms. The van der Waals surface area contributed by atoms with Crippen molar-refractivity contribution in [1.82, 2.24) is 10.2 Å². The molecule has 118 valence electrons. The Morgan fingerprint density at radius 3 is 2.43 bits per heavy atom. The molecule has 0 aliphatic carbocycles. The summed E-state index contributed by atoms with van der Waals surface area (Å²) in [6.07, 6.45) is 0. The summed E-state index contributed by atoms with van der Waals surface area (Å²) in [5, 5.41) is 14.1. The average Bonchev–Trinajstić information content (AvgIpc) is 2.61. The van der Waals surface area contributed by atoms with E-state index in [9.17, 15) is 0 Å². The molecule has 5 heteroatoms. The summed E-state index contributed by atoms with van der Waals surface area (Å²) in [5.41, 5.74) is 7.44. The lowest BCUT2D eigenvalue weighted by atomic mass is 10.0. The van der Waals surface area contributed by atoms with E-state index in [1.807, 2.05) is 49.4 Å². The molecule has 0 spiro atoms. The Kier molecular flexibility index (Phi) is 4.68. The Bertz CT molecular complexity index is 787. The third-order valence-electron chi connectivity index (χ3n) is 3.56. The molecule has 2 aromatic carbocycles. The van der Waals surface area contributed by atoms with Crippen LogP contribution in [0.3, 0.4) is 0 Å². The molecule has 5 nitrogen and oxygen atoms in total. The molecule has 0 aliphatic heterocycles. The maximum absolute atomic E-state index is 5.56. The van der Waals surface area contributed by atoms with E-state index in [4.69, 9.17) is 10.5 Å². The minimum atomic E-state index is 0.552. The second kappa shape index (κ2) is 7.07. The van der Waals surface area contributed by atoms with Crippen molar-refractivity contribution < 1.29 is 4.74 Å². The fourth-order valence-corrected chi connectivity index (χ4v) is 2.51. The van der Waals surface area contributed by atoms with Gasteiger partial charge in [0, 0.05) is 29.4 Å². The minimum absolute atomic E-state index is 0.552. The zero-order chi connectivity index (χ0) is 16.1. The van der Waals surface area contributed by atoms with Crippen LogP contribution in [0.4, 0.5) is 5.82 Å². The van der Waals surface area contributed by atoms with Gasteiger partial charge in [-0.15, -0.1) is 10.2 Å². The van der Waals surface area contributed by atoms with Gasteiger partial charge in [-0.2, -0.15) is 0 Å². The highest BCUT2D eigenvalue weighted by molar-refractivity contribution is 6.00. The van der Waals surface area contributed by atoms with Crippen molar-refractivity contribution in [2.45, 2.75) is 6.92 Å². The molecule has 0 saturated carbocycles. The molecule has 1 aromatic heterocycles. The highest BCUT2D eigenvalue weighted by Crippen LogP contribution is 2.30. The normalized spacial score (nSPS) is 10.7. The van der Waals surface area contributed by atoms with Gasteiger partial charge in [-0.25, -0.2) is 0 Å². The number of aromatic nitrogens is 2. The SMILES string of the molecule is CCOc1ccc(-c2nnc(NCCN)c3ccccc23)cc1. The third kappa shape index (κ3) is 3.24.